The van der Waals surface area contributed by atoms with Crippen molar-refractivity contribution >= 4 is 5.91 Å². The number of aromatic hydroxyl groups is 1. The number of likely N-dealkylation sites (tertiary alicyclic amines) is 1. The average Bonchev–Trinajstić information content (AvgIpc) is 2.98. The van der Waals surface area contributed by atoms with Gasteiger partial charge in [-0.3, -0.25) is 9.69 Å². The van der Waals surface area contributed by atoms with Gasteiger partial charge in [0.2, 0.25) is 0 Å². The molecule has 5 heteroatoms. The summed E-state index contributed by atoms with van der Waals surface area (Å²) in [6.07, 6.45) is 2.47. The molecule has 0 radical (unpaired) electrons. The van der Waals surface area contributed by atoms with Crippen LogP contribution in [-0.4, -0.2) is 48.7 Å². The van der Waals surface area contributed by atoms with Gasteiger partial charge in [-0.15, -0.1) is 0 Å². The SMILES string of the molecule is COc1ccc(C(=O)NCC(C)N2CCCC2)c(O)c1. The fourth-order valence-electron chi connectivity index (χ4n) is 2.48. The van der Waals surface area contributed by atoms with E-state index < -0.39 is 0 Å². The molecule has 0 saturated carbocycles. The maximum absolute atomic E-state index is 12.1. The standard InChI is InChI=1S/C15H22N2O3/c1-11(17-7-3-4-8-17)10-16-15(19)13-6-5-12(20-2)9-14(13)18/h5-6,9,11,18H,3-4,7-8,10H2,1-2H3,(H,16,19). The Kier molecular flexibility index (Phi) is 4.84. The van der Waals surface area contributed by atoms with E-state index in [4.69, 9.17) is 4.74 Å². The molecule has 0 spiro atoms. The Morgan fingerprint density at radius 2 is 2.15 bits per heavy atom. The minimum atomic E-state index is -0.254. The summed E-state index contributed by atoms with van der Waals surface area (Å²) in [6, 6.07) is 5.00. The monoisotopic (exact) mass is 278 g/mol. The van der Waals surface area contributed by atoms with E-state index in [1.54, 1.807) is 12.1 Å². The molecule has 1 amide bonds. The molecule has 2 N–H and O–H groups in total. The van der Waals surface area contributed by atoms with Gasteiger partial charge in [-0.25, -0.2) is 0 Å². The van der Waals surface area contributed by atoms with Crippen LogP contribution in [-0.2, 0) is 0 Å². The number of ether oxygens (including phenoxy) is 1. The topological polar surface area (TPSA) is 61.8 Å². The molecular weight excluding hydrogens is 256 g/mol. The van der Waals surface area contributed by atoms with Gasteiger partial charge in [-0.05, 0) is 45.0 Å². The number of nitrogens with one attached hydrogen (secondary N) is 1. The van der Waals surface area contributed by atoms with Gasteiger partial charge in [0.1, 0.15) is 11.5 Å². The van der Waals surface area contributed by atoms with E-state index in [-0.39, 0.29) is 17.2 Å². The molecule has 0 aliphatic carbocycles. The summed E-state index contributed by atoms with van der Waals surface area (Å²) in [5, 5.41) is 12.7. The Labute approximate surface area is 119 Å². The summed E-state index contributed by atoms with van der Waals surface area (Å²) in [6.45, 7) is 4.90. The van der Waals surface area contributed by atoms with Crippen molar-refractivity contribution in [1.82, 2.24) is 10.2 Å². The molecule has 1 unspecified atom stereocenters. The van der Waals surface area contributed by atoms with E-state index in [0.29, 0.717) is 18.3 Å². The fraction of sp³-hybridized carbons (Fsp3) is 0.533. The first-order chi connectivity index (χ1) is 9.61. The van der Waals surface area contributed by atoms with Crippen molar-refractivity contribution < 1.29 is 14.6 Å². The molecule has 1 atom stereocenters. The fourth-order valence-corrected chi connectivity index (χ4v) is 2.48. The number of methoxy groups -OCH3 is 1. The normalized spacial score (nSPS) is 16.9. The maximum atomic E-state index is 12.1. The van der Waals surface area contributed by atoms with Crippen LogP contribution in [0.4, 0.5) is 0 Å². The predicted molar refractivity (Wildman–Crippen MR) is 77.3 cm³/mol. The van der Waals surface area contributed by atoms with E-state index in [1.165, 1.54) is 26.0 Å². The van der Waals surface area contributed by atoms with Crippen LogP contribution in [0, 0.1) is 0 Å². The van der Waals surface area contributed by atoms with E-state index in [1.807, 2.05) is 0 Å². The number of hydrogen-bond acceptors (Lipinski definition) is 4. The van der Waals surface area contributed by atoms with E-state index in [9.17, 15) is 9.90 Å². The molecule has 0 aromatic heterocycles. The van der Waals surface area contributed by atoms with Crippen LogP contribution in [0.1, 0.15) is 30.1 Å². The third-order valence-electron chi connectivity index (χ3n) is 3.77. The van der Waals surface area contributed by atoms with Crippen LogP contribution in [0.3, 0.4) is 0 Å². The molecule has 110 valence electrons. The summed E-state index contributed by atoms with van der Waals surface area (Å²) in [5.41, 5.74) is 0.277. The molecule has 1 fully saturated rings. The van der Waals surface area contributed by atoms with E-state index in [2.05, 4.69) is 17.1 Å². The lowest BCUT2D eigenvalue weighted by Gasteiger charge is -2.23. The molecule has 1 aliphatic rings. The highest BCUT2D eigenvalue weighted by Gasteiger charge is 2.19. The summed E-state index contributed by atoms with van der Waals surface area (Å²) >= 11 is 0. The minimum absolute atomic E-state index is 0.0596. The Balaban J connectivity index is 1.91. The van der Waals surface area contributed by atoms with Crippen molar-refractivity contribution in [3.8, 4) is 11.5 Å². The van der Waals surface area contributed by atoms with Crippen molar-refractivity contribution in [1.29, 1.82) is 0 Å². The third kappa shape index (κ3) is 3.42. The Bertz CT molecular complexity index is 470. The Hall–Kier alpha value is -1.75. The van der Waals surface area contributed by atoms with E-state index in [0.717, 1.165) is 13.1 Å². The molecular formula is C15H22N2O3. The zero-order valence-corrected chi connectivity index (χ0v) is 12.1. The van der Waals surface area contributed by atoms with Crippen LogP contribution in [0.25, 0.3) is 0 Å². The van der Waals surface area contributed by atoms with Crippen LogP contribution in [0.5, 0.6) is 11.5 Å². The van der Waals surface area contributed by atoms with Crippen LogP contribution in [0.15, 0.2) is 18.2 Å². The first-order valence-corrected chi connectivity index (χ1v) is 7.01. The lowest BCUT2D eigenvalue weighted by atomic mass is 10.1. The molecule has 1 saturated heterocycles. The number of carbonyl (C=O) groups is 1. The first kappa shape index (κ1) is 14.7. The highest BCUT2D eigenvalue weighted by atomic mass is 16.5. The molecule has 1 aliphatic heterocycles. The Morgan fingerprint density at radius 3 is 2.75 bits per heavy atom. The molecule has 5 nitrogen and oxygen atoms in total. The lowest BCUT2D eigenvalue weighted by Crippen LogP contribution is -2.40. The lowest BCUT2D eigenvalue weighted by molar-refractivity contribution is 0.0937. The quantitative estimate of drug-likeness (QED) is 0.859. The van der Waals surface area contributed by atoms with E-state index >= 15 is 0 Å². The molecule has 2 rings (SSSR count). The van der Waals surface area contributed by atoms with Crippen molar-refractivity contribution in [2.75, 3.05) is 26.7 Å². The zero-order chi connectivity index (χ0) is 14.5. The summed E-state index contributed by atoms with van der Waals surface area (Å²) in [4.78, 5) is 14.4. The summed E-state index contributed by atoms with van der Waals surface area (Å²) < 4.78 is 5.00. The first-order valence-electron chi connectivity index (χ1n) is 7.01. The molecule has 1 aromatic rings. The van der Waals surface area contributed by atoms with Crippen molar-refractivity contribution in [3.63, 3.8) is 0 Å². The maximum Gasteiger partial charge on any atom is 0.255 e. The smallest absolute Gasteiger partial charge is 0.255 e. The number of benzene rings is 1. The minimum Gasteiger partial charge on any atom is -0.507 e. The van der Waals surface area contributed by atoms with Crippen LogP contribution < -0.4 is 10.1 Å². The third-order valence-corrected chi connectivity index (χ3v) is 3.77. The summed E-state index contributed by atoms with van der Waals surface area (Å²) in [7, 11) is 1.52. The molecule has 20 heavy (non-hydrogen) atoms. The molecule has 1 heterocycles. The van der Waals surface area contributed by atoms with Gasteiger partial charge in [0.15, 0.2) is 0 Å². The average molecular weight is 278 g/mol. The van der Waals surface area contributed by atoms with Gasteiger partial charge in [0.05, 0.1) is 12.7 Å². The van der Waals surface area contributed by atoms with Crippen molar-refractivity contribution in [2.45, 2.75) is 25.8 Å². The van der Waals surface area contributed by atoms with Gasteiger partial charge in [0, 0.05) is 18.7 Å². The number of hydrogen-bond donors (Lipinski definition) is 2. The number of carbonyl (C=O) groups excluding carboxylic acids is 1. The number of nitrogens with zero attached hydrogens (tertiary/aromatic N) is 1. The highest BCUT2D eigenvalue weighted by molar-refractivity contribution is 5.97. The largest absolute Gasteiger partial charge is 0.507 e. The van der Waals surface area contributed by atoms with Crippen LogP contribution >= 0.6 is 0 Å². The second kappa shape index (κ2) is 6.61. The van der Waals surface area contributed by atoms with Crippen molar-refractivity contribution in [3.05, 3.63) is 23.8 Å². The number of amides is 1. The predicted octanol–water partition coefficient (Wildman–Crippen LogP) is 1.61. The number of phenols is 1. The van der Waals surface area contributed by atoms with Gasteiger partial charge in [-0.1, -0.05) is 0 Å². The molecule has 1 aromatic carbocycles. The number of rotatable bonds is 5. The van der Waals surface area contributed by atoms with Gasteiger partial charge < -0.3 is 15.2 Å². The second-order valence-electron chi connectivity index (χ2n) is 5.19. The van der Waals surface area contributed by atoms with Gasteiger partial charge in [-0.2, -0.15) is 0 Å². The van der Waals surface area contributed by atoms with Crippen LogP contribution in [0.2, 0.25) is 0 Å². The summed E-state index contributed by atoms with van der Waals surface area (Å²) in [5.74, 6) is 0.219. The van der Waals surface area contributed by atoms with Gasteiger partial charge in [0.25, 0.3) is 5.91 Å². The zero-order valence-electron chi connectivity index (χ0n) is 12.1. The van der Waals surface area contributed by atoms with Crippen molar-refractivity contribution in [2.24, 2.45) is 0 Å². The highest BCUT2D eigenvalue weighted by Crippen LogP contribution is 2.23. The number of phenolic OH excluding ortho intramolecular Hbond substituents is 1. The Morgan fingerprint density at radius 1 is 1.45 bits per heavy atom. The van der Waals surface area contributed by atoms with Gasteiger partial charge >= 0.3 is 0 Å². The second-order valence-corrected chi connectivity index (χ2v) is 5.19. The molecule has 0 bridgehead atoms.